The van der Waals surface area contributed by atoms with Crippen LogP contribution in [-0.2, 0) is 12.8 Å². The second kappa shape index (κ2) is 6.41. The lowest BCUT2D eigenvalue weighted by Crippen LogP contribution is -2.31. The van der Waals surface area contributed by atoms with Crippen molar-refractivity contribution in [2.75, 3.05) is 20.8 Å². The summed E-state index contributed by atoms with van der Waals surface area (Å²) in [6.07, 6.45) is 1.73. The molecule has 1 aromatic heterocycles. The summed E-state index contributed by atoms with van der Waals surface area (Å²) in [4.78, 5) is 3.48. The quantitative estimate of drug-likeness (QED) is 0.760. The molecule has 1 aliphatic heterocycles. The van der Waals surface area contributed by atoms with Gasteiger partial charge in [0.25, 0.3) is 0 Å². The summed E-state index contributed by atoms with van der Waals surface area (Å²) in [6, 6.07) is 11.1. The molecule has 130 valence electrons. The fourth-order valence-electron chi connectivity index (χ4n) is 3.70. The average Bonchev–Trinajstić information content (AvgIpc) is 3.00. The fourth-order valence-corrected chi connectivity index (χ4v) is 3.70. The van der Waals surface area contributed by atoms with Gasteiger partial charge in [-0.15, -0.1) is 0 Å². The molecular weight excluding hydrogens is 319 g/mol. The van der Waals surface area contributed by atoms with Crippen molar-refractivity contribution in [1.82, 2.24) is 10.3 Å². The summed E-state index contributed by atoms with van der Waals surface area (Å²) in [7, 11) is 3.28. The topological polar surface area (TPSA) is 46.3 Å². The lowest BCUT2D eigenvalue weighted by atomic mass is 9.94. The van der Waals surface area contributed by atoms with E-state index in [4.69, 9.17) is 9.47 Å². The Kier molecular flexibility index (Phi) is 4.09. The van der Waals surface area contributed by atoms with E-state index < -0.39 is 0 Å². The Hall–Kier alpha value is -2.53. The molecule has 4 nitrogen and oxygen atoms in total. The summed E-state index contributed by atoms with van der Waals surface area (Å²) in [5.74, 6) is 1.27. The van der Waals surface area contributed by atoms with Crippen LogP contribution < -0.4 is 14.8 Å². The standard InChI is InChI=1S/C20H21FN2O2/c1-24-18-6-3-12(10-19(18)25-2)9-17-20-14(7-8-22-17)15-11-13(21)4-5-16(15)23-20/h3-6,10-11,17,22-23H,7-9H2,1-2H3/t17-/m1/s1. The van der Waals surface area contributed by atoms with Crippen LogP contribution in [0, 0.1) is 5.82 Å². The third kappa shape index (κ3) is 2.85. The normalized spacial score (nSPS) is 16.7. The highest BCUT2D eigenvalue weighted by Crippen LogP contribution is 2.34. The van der Waals surface area contributed by atoms with E-state index in [0.29, 0.717) is 0 Å². The van der Waals surface area contributed by atoms with Gasteiger partial charge in [-0.25, -0.2) is 4.39 Å². The average molecular weight is 340 g/mol. The molecule has 25 heavy (non-hydrogen) atoms. The Labute approximate surface area is 146 Å². The molecular formula is C20H21FN2O2. The van der Waals surface area contributed by atoms with Gasteiger partial charge in [0, 0.05) is 16.6 Å². The van der Waals surface area contributed by atoms with Gasteiger partial charge in [-0.1, -0.05) is 6.07 Å². The van der Waals surface area contributed by atoms with Crippen LogP contribution in [0.15, 0.2) is 36.4 Å². The molecule has 0 saturated heterocycles. The van der Waals surface area contributed by atoms with Crippen LogP contribution in [0.25, 0.3) is 10.9 Å². The summed E-state index contributed by atoms with van der Waals surface area (Å²) in [5, 5.41) is 4.56. The van der Waals surface area contributed by atoms with E-state index in [1.54, 1.807) is 20.3 Å². The van der Waals surface area contributed by atoms with Crippen LogP contribution in [0.4, 0.5) is 4.39 Å². The van der Waals surface area contributed by atoms with Gasteiger partial charge in [0.2, 0.25) is 0 Å². The number of nitrogens with one attached hydrogen (secondary N) is 2. The van der Waals surface area contributed by atoms with E-state index in [2.05, 4.69) is 16.4 Å². The highest BCUT2D eigenvalue weighted by atomic mass is 19.1. The molecule has 0 bridgehead atoms. The molecule has 1 aliphatic rings. The van der Waals surface area contributed by atoms with Gasteiger partial charge in [0.05, 0.1) is 20.3 Å². The SMILES string of the molecule is COc1ccc(C[C@H]2NCCc3c2[nH]c2ccc(F)cc32)cc1OC. The first kappa shape index (κ1) is 16.0. The number of hydrogen-bond donors (Lipinski definition) is 2. The van der Waals surface area contributed by atoms with Gasteiger partial charge in [-0.05, 0) is 60.8 Å². The number of benzene rings is 2. The largest absolute Gasteiger partial charge is 0.493 e. The minimum absolute atomic E-state index is 0.164. The molecule has 4 rings (SSSR count). The number of aromatic amines is 1. The van der Waals surface area contributed by atoms with Crippen LogP contribution in [0.5, 0.6) is 11.5 Å². The third-order valence-corrected chi connectivity index (χ3v) is 4.90. The second-order valence-corrected chi connectivity index (χ2v) is 6.36. The van der Waals surface area contributed by atoms with Gasteiger partial charge in [0.15, 0.2) is 11.5 Å². The first-order valence-corrected chi connectivity index (χ1v) is 8.44. The van der Waals surface area contributed by atoms with Crippen LogP contribution in [0.2, 0.25) is 0 Å². The first-order valence-electron chi connectivity index (χ1n) is 8.44. The molecule has 2 heterocycles. The van der Waals surface area contributed by atoms with Crippen molar-refractivity contribution in [2.24, 2.45) is 0 Å². The number of ether oxygens (including phenoxy) is 2. The first-order chi connectivity index (χ1) is 12.2. The van der Waals surface area contributed by atoms with Crippen molar-refractivity contribution in [3.8, 4) is 11.5 Å². The molecule has 0 spiro atoms. The van der Waals surface area contributed by atoms with Crippen LogP contribution in [-0.4, -0.2) is 25.7 Å². The number of aromatic nitrogens is 1. The summed E-state index contributed by atoms with van der Waals surface area (Å²) >= 11 is 0. The fraction of sp³-hybridized carbons (Fsp3) is 0.300. The summed E-state index contributed by atoms with van der Waals surface area (Å²) < 4.78 is 24.3. The number of halogens is 1. The third-order valence-electron chi connectivity index (χ3n) is 4.90. The predicted octanol–water partition coefficient (Wildman–Crippen LogP) is 3.75. The maximum Gasteiger partial charge on any atom is 0.160 e. The lowest BCUT2D eigenvalue weighted by Gasteiger charge is -2.25. The number of hydrogen-bond acceptors (Lipinski definition) is 3. The molecule has 0 fully saturated rings. The maximum atomic E-state index is 13.6. The smallest absolute Gasteiger partial charge is 0.160 e. The van der Waals surface area contributed by atoms with Crippen molar-refractivity contribution in [1.29, 1.82) is 0 Å². The van der Waals surface area contributed by atoms with Crippen LogP contribution in [0.3, 0.4) is 0 Å². The maximum absolute atomic E-state index is 13.6. The van der Waals surface area contributed by atoms with Crippen molar-refractivity contribution in [2.45, 2.75) is 18.9 Å². The molecule has 0 saturated carbocycles. The number of H-pyrrole nitrogens is 1. The number of methoxy groups -OCH3 is 2. The predicted molar refractivity (Wildman–Crippen MR) is 96.0 cm³/mol. The van der Waals surface area contributed by atoms with E-state index in [1.807, 2.05) is 18.2 Å². The van der Waals surface area contributed by atoms with Crippen molar-refractivity contribution in [3.63, 3.8) is 0 Å². The monoisotopic (exact) mass is 340 g/mol. The minimum Gasteiger partial charge on any atom is -0.493 e. The highest BCUT2D eigenvalue weighted by molar-refractivity contribution is 5.85. The molecule has 0 amide bonds. The van der Waals surface area contributed by atoms with Gasteiger partial charge >= 0.3 is 0 Å². The van der Waals surface area contributed by atoms with Crippen molar-refractivity contribution in [3.05, 3.63) is 59.0 Å². The van der Waals surface area contributed by atoms with Gasteiger partial charge in [-0.3, -0.25) is 0 Å². The molecule has 0 unspecified atom stereocenters. The molecule has 3 aromatic rings. The number of rotatable bonds is 4. The highest BCUT2D eigenvalue weighted by Gasteiger charge is 2.24. The molecule has 0 aliphatic carbocycles. The Morgan fingerprint density at radius 3 is 2.72 bits per heavy atom. The summed E-state index contributed by atoms with van der Waals surface area (Å²) in [5.41, 5.74) is 4.53. The molecule has 2 N–H and O–H groups in total. The zero-order valence-corrected chi connectivity index (χ0v) is 14.4. The van der Waals surface area contributed by atoms with E-state index in [-0.39, 0.29) is 11.9 Å². The second-order valence-electron chi connectivity index (χ2n) is 6.36. The molecule has 0 radical (unpaired) electrons. The van der Waals surface area contributed by atoms with Crippen molar-refractivity contribution < 1.29 is 13.9 Å². The van der Waals surface area contributed by atoms with Gasteiger partial charge in [-0.2, -0.15) is 0 Å². The zero-order chi connectivity index (χ0) is 17.4. The Bertz CT molecular complexity index is 919. The minimum atomic E-state index is -0.190. The molecule has 5 heteroatoms. The van der Waals surface area contributed by atoms with Crippen molar-refractivity contribution >= 4 is 10.9 Å². The Morgan fingerprint density at radius 1 is 1.08 bits per heavy atom. The van der Waals surface area contributed by atoms with Gasteiger partial charge < -0.3 is 19.8 Å². The van der Waals surface area contributed by atoms with E-state index in [9.17, 15) is 4.39 Å². The summed E-state index contributed by atoms with van der Waals surface area (Å²) in [6.45, 7) is 0.883. The lowest BCUT2D eigenvalue weighted by molar-refractivity contribution is 0.354. The van der Waals surface area contributed by atoms with Crippen LogP contribution in [0.1, 0.15) is 22.9 Å². The van der Waals surface area contributed by atoms with Crippen LogP contribution >= 0.6 is 0 Å². The number of fused-ring (bicyclic) bond motifs is 3. The van der Waals surface area contributed by atoms with E-state index >= 15 is 0 Å². The zero-order valence-electron chi connectivity index (χ0n) is 14.4. The molecule has 1 atom stereocenters. The van der Waals surface area contributed by atoms with E-state index in [1.165, 1.54) is 11.6 Å². The Morgan fingerprint density at radius 2 is 1.92 bits per heavy atom. The van der Waals surface area contributed by atoms with E-state index in [0.717, 1.165) is 53.0 Å². The van der Waals surface area contributed by atoms with Gasteiger partial charge in [0.1, 0.15) is 5.82 Å². The Balaban J connectivity index is 1.68. The molecule has 2 aromatic carbocycles.